The second kappa shape index (κ2) is 4.49. The van der Waals surface area contributed by atoms with E-state index in [2.05, 4.69) is 11.4 Å². The molecule has 0 spiro atoms. The summed E-state index contributed by atoms with van der Waals surface area (Å²) in [6, 6.07) is 0.151. The van der Waals surface area contributed by atoms with Crippen LogP contribution in [-0.4, -0.2) is 17.7 Å². The quantitative estimate of drug-likeness (QED) is 0.656. The summed E-state index contributed by atoms with van der Waals surface area (Å²) in [5, 5.41) is 2.83. The standard InChI is InChI=1S/C11H19NO2/c1-11(2,3)14-10(13)12-9-7-5-4-6-8-9/h5,7,9H,4,6,8H2,1-3H3,(H,12,13)/t9-/m0/s1. The van der Waals surface area contributed by atoms with Gasteiger partial charge in [0.1, 0.15) is 5.60 Å². The average Bonchev–Trinajstić information content (AvgIpc) is 2.02. The number of amides is 1. The zero-order valence-corrected chi connectivity index (χ0v) is 9.17. The molecule has 0 radical (unpaired) electrons. The predicted octanol–water partition coefficient (Wildman–Crippen LogP) is 2.62. The third kappa shape index (κ3) is 4.30. The molecule has 14 heavy (non-hydrogen) atoms. The first-order valence-corrected chi connectivity index (χ1v) is 5.13. The second-order valence-electron chi connectivity index (χ2n) is 4.61. The summed E-state index contributed by atoms with van der Waals surface area (Å²) >= 11 is 0. The summed E-state index contributed by atoms with van der Waals surface area (Å²) in [4.78, 5) is 11.4. The van der Waals surface area contributed by atoms with Gasteiger partial charge in [0.25, 0.3) is 0 Å². The Hall–Kier alpha value is -0.990. The van der Waals surface area contributed by atoms with Gasteiger partial charge in [0.15, 0.2) is 0 Å². The summed E-state index contributed by atoms with van der Waals surface area (Å²) in [5.41, 5.74) is -0.414. The van der Waals surface area contributed by atoms with E-state index >= 15 is 0 Å². The average molecular weight is 197 g/mol. The van der Waals surface area contributed by atoms with Gasteiger partial charge in [-0.2, -0.15) is 0 Å². The molecule has 0 saturated carbocycles. The van der Waals surface area contributed by atoms with Crippen LogP contribution in [0.4, 0.5) is 4.79 Å². The number of hydrogen-bond acceptors (Lipinski definition) is 2. The fraction of sp³-hybridized carbons (Fsp3) is 0.727. The van der Waals surface area contributed by atoms with Gasteiger partial charge in [-0.1, -0.05) is 12.2 Å². The molecule has 1 atom stereocenters. The van der Waals surface area contributed by atoms with Crippen LogP contribution in [0.25, 0.3) is 0 Å². The third-order valence-electron chi connectivity index (χ3n) is 1.96. The van der Waals surface area contributed by atoms with Crippen LogP contribution in [0.1, 0.15) is 40.0 Å². The highest BCUT2D eigenvalue weighted by molar-refractivity contribution is 5.68. The maximum atomic E-state index is 11.4. The number of carbonyl (C=O) groups excluding carboxylic acids is 1. The lowest BCUT2D eigenvalue weighted by Crippen LogP contribution is -2.38. The molecule has 0 unspecified atom stereocenters. The monoisotopic (exact) mass is 197 g/mol. The van der Waals surface area contributed by atoms with Crippen LogP contribution in [-0.2, 0) is 4.74 Å². The van der Waals surface area contributed by atoms with Crippen LogP contribution in [0.5, 0.6) is 0 Å². The van der Waals surface area contributed by atoms with Crippen LogP contribution < -0.4 is 5.32 Å². The van der Waals surface area contributed by atoms with Crippen molar-refractivity contribution in [1.29, 1.82) is 0 Å². The lowest BCUT2D eigenvalue weighted by molar-refractivity contribution is 0.0511. The van der Waals surface area contributed by atoms with Crippen molar-refractivity contribution in [3.8, 4) is 0 Å². The number of nitrogens with one attached hydrogen (secondary N) is 1. The van der Waals surface area contributed by atoms with Gasteiger partial charge in [-0.15, -0.1) is 0 Å². The third-order valence-corrected chi connectivity index (χ3v) is 1.96. The maximum Gasteiger partial charge on any atom is 0.408 e. The summed E-state index contributed by atoms with van der Waals surface area (Å²) < 4.78 is 5.16. The Morgan fingerprint density at radius 3 is 2.71 bits per heavy atom. The Balaban J connectivity index is 2.33. The molecule has 0 heterocycles. The van der Waals surface area contributed by atoms with Gasteiger partial charge < -0.3 is 10.1 Å². The molecule has 1 aliphatic rings. The number of hydrogen-bond donors (Lipinski definition) is 1. The molecule has 1 amide bonds. The van der Waals surface area contributed by atoms with Crippen LogP contribution in [0.3, 0.4) is 0 Å². The highest BCUT2D eigenvalue weighted by Crippen LogP contribution is 2.12. The molecule has 0 aliphatic heterocycles. The van der Waals surface area contributed by atoms with Crippen LogP contribution >= 0.6 is 0 Å². The van der Waals surface area contributed by atoms with Gasteiger partial charge >= 0.3 is 6.09 Å². The zero-order chi connectivity index (χ0) is 10.6. The zero-order valence-electron chi connectivity index (χ0n) is 9.17. The van der Waals surface area contributed by atoms with Crippen molar-refractivity contribution < 1.29 is 9.53 Å². The molecule has 3 heteroatoms. The van der Waals surface area contributed by atoms with Crippen molar-refractivity contribution in [2.75, 3.05) is 0 Å². The molecular formula is C11H19NO2. The van der Waals surface area contributed by atoms with E-state index in [0.717, 1.165) is 19.3 Å². The molecule has 3 nitrogen and oxygen atoms in total. The van der Waals surface area contributed by atoms with Gasteiger partial charge in [-0.3, -0.25) is 0 Å². The van der Waals surface area contributed by atoms with Gasteiger partial charge in [0.2, 0.25) is 0 Å². The van der Waals surface area contributed by atoms with Crippen molar-refractivity contribution in [3.63, 3.8) is 0 Å². The van der Waals surface area contributed by atoms with Crippen molar-refractivity contribution in [1.82, 2.24) is 5.32 Å². The number of ether oxygens (including phenoxy) is 1. The van der Waals surface area contributed by atoms with Crippen molar-refractivity contribution >= 4 is 6.09 Å². The first-order chi connectivity index (χ1) is 6.47. The maximum absolute atomic E-state index is 11.4. The van der Waals surface area contributed by atoms with Crippen molar-refractivity contribution in [3.05, 3.63) is 12.2 Å². The molecule has 0 aromatic heterocycles. The first kappa shape index (κ1) is 11.1. The van der Waals surface area contributed by atoms with E-state index in [1.165, 1.54) is 0 Å². The molecule has 1 aliphatic carbocycles. The second-order valence-corrected chi connectivity index (χ2v) is 4.61. The lowest BCUT2D eigenvalue weighted by Gasteiger charge is -2.23. The molecule has 1 N–H and O–H groups in total. The van der Waals surface area contributed by atoms with E-state index < -0.39 is 5.60 Å². The Kier molecular flexibility index (Phi) is 3.55. The number of alkyl carbamates (subject to hydrolysis) is 1. The molecule has 0 aromatic carbocycles. The smallest absolute Gasteiger partial charge is 0.408 e. The van der Waals surface area contributed by atoms with Crippen LogP contribution in [0.15, 0.2) is 12.2 Å². The number of rotatable bonds is 1. The van der Waals surface area contributed by atoms with Gasteiger partial charge in [0, 0.05) is 0 Å². The Labute approximate surface area is 85.5 Å². The highest BCUT2D eigenvalue weighted by Gasteiger charge is 2.18. The van der Waals surface area contributed by atoms with E-state index in [9.17, 15) is 4.79 Å². The Bertz CT molecular complexity index is 228. The van der Waals surface area contributed by atoms with Crippen molar-refractivity contribution in [2.24, 2.45) is 0 Å². The highest BCUT2D eigenvalue weighted by atomic mass is 16.6. The number of carbonyl (C=O) groups is 1. The van der Waals surface area contributed by atoms with Crippen LogP contribution in [0.2, 0.25) is 0 Å². The van der Waals surface area contributed by atoms with E-state index in [4.69, 9.17) is 4.74 Å². The van der Waals surface area contributed by atoms with E-state index in [1.54, 1.807) is 0 Å². The number of allylic oxidation sites excluding steroid dienone is 1. The molecule has 0 aromatic rings. The summed E-state index contributed by atoms with van der Waals surface area (Å²) in [6.45, 7) is 5.59. The minimum Gasteiger partial charge on any atom is -0.444 e. The minimum atomic E-state index is -0.414. The van der Waals surface area contributed by atoms with E-state index in [1.807, 2.05) is 26.8 Å². The van der Waals surface area contributed by atoms with Gasteiger partial charge in [-0.05, 0) is 40.0 Å². The Morgan fingerprint density at radius 1 is 1.50 bits per heavy atom. The van der Waals surface area contributed by atoms with Crippen LogP contribution in [0, 0.1) is 0 Å². The summed E-state index contributed by atoms with van der Waals surface area (Å²) in [6.07, 6.45) is 7.08. The van der Waals surface area contributed by atoms with Crippen molar-refractivity contribution in [2.45, 2.75) is 51.7 Å². The largest absolute Gasteiger partial charge is 0.444 e. The molecular weight excluding hydrogens is 178 g/mol. The van der Waals surface area contributed by atoms with Gasteiger partial charge in [-0.25, -0.2) is 4.79 Å². The molecule has 1 rings (SSSR count). The topological polar surface area (TPSA) is 38.3 Å². The molecule has 80 valence electrons. The molecule has 0 fully saturated rings. The fourth-order valence-corrected chi connectivity index (χ4v) is 1.39. The lowest BCUT2D eigenvalue weighted by atomic mass is 10.0. The Morgan fingerprint density at radius 2 is 2.21 bits per heavy atom. The first-order valence-electron chi connectivity index (χ1n) is 5.13. The molecule has 0 saturated heterocycles. The summed E-state index contributed by atoms with van der Waals surface area (Å²) in [7, 11) is 0. The molecule has 0 bridgehead atoms. The fourth-order valence-electron chi connectivity index (χ4n) is 1.39. The van der Waals surface area contributed by atoms with Gasteiger partial charge in [0.05, 0.1) is 6.04 Å². The predicted molar refractivity (Wildman–Crippen MR) is 56.1 cm³/mol. The SMILES string of the molecule is CC(C)(C)OC(=O)N[C@H]1C=CCCC1. The minimum absolute atomic E-state index is 0.151. The normalized spacial score (nSPS) is 21.8. The van der Waals surface area contributed by atoms with E-state index in [-0.39, 0.29) is 12.1 Å². The summed E-state index contributed by atoms with van der Waals surface area (Å²) in [5.74, 6) is 0. The van der Waals surface area contributed by atoms with E-state index in [0.29, 0.717) is 0 Å².